The van der Waals surface area contributed by atoms with E-state index in [0.717, 1.165) is 22.2 Å². The Balaban J connectivity index is 1.92. The Hall–Kier alpha value is -2.63. The molecule has 0 bridgehead atoms. The maximum absolute atomic E-state index is 11.8. The van der Waals surface area contributed by atoms with Crippen LogP contribution in [0.25, 0.3) is 22.2 Å². The largest absolute Gasteiger partial charge is 0.390 e. The molecule has 1 amide bonds. The summed E-state index contributed by atoms with van der Waals surface area (Å²) in [5.41, 5.74) is 9.11. The predicted molar refractivity (Wildman–Crippen MR) is 101 cm³/mol. The molecular weight excluding hydrogens is 338 g/mol. The topological polar surface area (TPSA) is 88.2 Å². The van der Waals surface area contributed by atoms with Crippen molar-refractivity contribution in [3.05, 3.63) is 60.2 Å². The molecule has 4 N–H and O–H groups in total. The fourth-order valence-corrected chi connectivity index (χ4v) is 2.69. The first-order valence-electron chi connectivity index (χ1n) is 7.86. The van der Waals surface area contributed by atoms with Crippen LogP contribution in [0.4, 0.5) is 5.69 Å². The molecule has 5 nitrogen and oxygen atoms in total. The van der Waals surface area contributed by atoms with E-state index < -0.39 is 12.0 Å². The molecule has 0 radical (unpaired) electrons. The van der Waals surface area contributed by atoms with E-state index >= 15 is 0 Å². The normalized spacial score (nSPS) is 12.1. The fraction of sp³-hybridized carbons (Fsp3) is 0.158. The lowest BCUT2D eigenvalue weighted by Gasteiger charge is -2.11. The number of rotatable bonds is 6. The standard InChI is InChI=1S/C19H18ClN3O2/c20-10-14(24)11-22-13-7-5-12(6-8-13)18-9-16(19(21)25)15-3-1-2-4-17(15)23-18/h1-9,14,22,24H,10-11H2,(H2,21,25). The highest BCUT2D eigenvalue weighted by atomic mass is 35.5. The molecule has 3 rings (SSSR count). The van der Waals surface area contributed by atoms with Crippen LogP contribution >= 0.6 is 11.6 Å². The third-order valence-electron chi connectivity index (χ3n) is 3.88. The smallest absolute Gasteiger partial charge is 0.249 e. The molecule has 0 saturated heterocycles. The Morgan fingerprint density at radius 2 is 1.92 bits per heavy atom. The number of fused-ring (bicyclic) bond motifs is 1. The second kappa shape index (κ2) is 7.51. The van der Waals surface area contributed by atoms with Gasteiger partial charge in [-0.05, 0) is 24.3 Å². The van der Waals surface area contributed by atoms with Crippen molar-refractivity contribution in [2.45, 2.75) is 6.10 Å². The van der Waals surface area contributed by atoms with E-state index in [0.29, 0.717) is 17.8 Å². The summed E-state index contributed by atoms with van der Waals surface area (Å²) >= 11 is 5.58. The molecule has 1 heterocycles. The summed E-state index contributed by atoms with van der Waals surface area (Å²) in [5, 5.41) is 13.3. The number of primary amides is 1. The van der Waals surface area contributed by atoms with Gasteiger partial charge in [0.05, 0.1) is 28.8 Å². The van der Waals surface area contributed by atoms with Crippen molar-refractivity contribution in [1.29, 1.82) is 0 Å². The van der Waals surface area contributed by atoms with Crippen LogP contribution in [0.1, 0.15) is 10.4 Å². The number of hydrogen-bond acceptors (Lipinski definition) is 4. The summed E-state index contributed by atoms with van der Waals surface area (Å²) < 4.78 is 0. The summed E-state index contributed by atoms with van der Waals surface area (Å²) in [6.45, 7) is 0.378. The van der Waals surface area contributed by atoms with Crippen LogP contribution in [0.2, 0.25) is 0 Å². The monoisotopic (exact) mass is 355 g/mol. The number of aromatic nitrogens is 1. The molecule has 0 aliphatic heterocycles. The Bertz CT molecular complexity index is 897. The van der Waals surface area contributed by atoms with Crippen molar-refractivity contribution < 1.29 is 9.90 Å². The number of nitrogens with one attached hydrogen (secondary N) is 1. The SMILES string of the molecule is NC(=O)c1cc(-c2ccc(NCC(O)CCl)cc2)nc2ccccc12. The van der Waals surface area contributed by atoms with Crippen molar-refractivity contribution in [2.75, 3.05) is 17.7 Å². The molecular formula is C19H18ClN3O2. The van der Waals surface area contributed by atoms with E-state index in [1.807, 2.05) is 48.5 Å². The Morgan fingerprint density at radius 3 is 2.60 bits per heavy atom. The number of aliphatic hydroxyl groups excluding tert-OH is 1. The third-order valence-corrected chi connectivity index (χ3v) is 4.24. The minimum absolute atomic E-state index is 0.183. The highest BCUT2D eigenvalue weighted by Gasteiger charge is 2.11. The van der Waals surface area contributed by atoms with Crippen LogP contribution in [-0.2, 0) is 0 Å². The van der Waals surface area contributed by atoms with Crippen molar-refractivity contribution in [2.24, 2.45) is 5.73 Å². The second-order valence-electron chi connectivity index (χ2n) is 5.70. The molecule has 1 aromatic heterocycles. The molecule has 25 heavy (non-hydrogen) atoms. The lowest BCUT2D eigenvalue weighted by Crippen LogP contribution is -2.20. The summed E-state index contributed by atoms with van der Waals surface area (Å²) in [6, 6.07) is 16.7. The second-order valence-corrected chi connectivity index (χ2v) is 6.01. The summed E-state index contributed by atoms with van der Waals surface area (Å²) in [4.78, 5) is 16.4. The zero-order valence-corrected chi connectivity index (χ0v) is 14.2. The highest BCUT2D eigenvalue weighted by Crippen LogP contribution is 2.25. The van der Waals surface area contributed by atoms with Gasteiger partial charge in [-0.25, -0.2) is 4.98 Å². The number of carbonyl (C=O) groups is 1. The van der Waals surface area contributed by atoms with Gasteiger partial charge in [0, 0.05) is 23.2 Å². The Labute approximate surface area is 150 Å². The quantitative estimate of drug-likeness (QED) is 0.593. The zero-order chi connectivity index (χ0) is 17.8. The number of halogens is 1. The number of para-hydroxylation sites is 1. The molecule has 0 aliphatic rings. The van der Waals surface area contributed by atoms with Gasteiger partial charge in [-0.15, -0.1) is 11.6 Å². The van der Waals surface area contributed by atoms with Crippen LogP contribution < -0.4 is 11.1 Å². The van der Waals surface area contributed by atoms with Crippen LogP contribution in [-0.4, -0.2) is 34.5 Å². The molecule has 1 unspecified atom stereocenters. The summed E-state index contributed by atoms with van der Waals surface area (Å²) in [7, 11) is 0. The molecule has 0 aliphatic carbocycles. The Kier molecular flexibility index (Phi) is 5.16. The lowest BCUT2D eigenvalue weighted by molar-refractivity contribution is 0.100. The van der Waals surface area contributed by atoms with Gasteiger partial charge in [-0.1, -0.05) is 30.3 Å². The first-order chi connectivity index (χ1) is 12.1. The summed E-state index contributed by atoms with van der Waals surface area (Å²) in [6.07, 6.45) is -0.596. The molecule has 1 atom stereocenters. The van der Waals surface area contributed by atoms with Gasteiger partial charge in [0.1, 0.15) is 0 Å². The van der Waals surface area contributed by atoms with Gasteiger partial charge in [-0.3, -0.25) is 4.79 Å². The van der Waals surface area contributed by atoms with Crippen LogP contribution in [0.3, 0.4) is 0 Å². The van der Waals surface area contributed by atoms with E-state index in [1.54, 1.807) is 6.07 Å². The number of carbonyl (C=O) groups excluding carboxylic acids is 1. The minimum Gasteiger partial charge on any atom is -0.390 e. The van der Waals surface area contributed by atoms with E-state index in [1.165, 1.54) is 0 Å². The number of hydrogen-bond donors (Lipinski definition) is 3. The van der Waals surface area contributed by atoms with Gasteiger partial charge < -0.3 is 16.2 Å². The zero-order valence-electron chi connectivity index (χ0n) is 13.4. The maximum atomic E-state index is 11.8. The third kappa shape index (κ3) is 3.90. The fourth-order valence-electron chi connectivity index (χ4n) is 2.58. The van der Waals surface area contributed by atoms with E-state index in [9.17, 15) is 9.90 Å². The van der Waals surface area contributed by atoms with Gasteiger partial charge >= 0.3 is 0 Å². The average Bonchev–Trinajstić information content (AvgIpc) is 2.65. The van der Waals surface area contributed by atoms with E-state index in [-0.39, 0.29) is 5.88 Å². The lowest BCUT2D eigenvalue weighted by atomic mass is 10.0. The minimum atomic E-state index is -0.596. The molecule has 128 valence electrons. The van der Waals surface area contributed by atoms with Crippen molar-refractivity contribution in [1.82, 2.24) is 4.98 Å². The van der Waals surface area contributed by atoms with Crippen molar-refractivity contribution in [3.8, 4) is 11.3 Å². The van der Waals surface area contributed by atoms with E-state index in [4.69, 9.17) is 17.3 Å². The van der Waals surface area contributed by atoms with Gasteiger partial charge in [0.15, 0.2) is 0 Å². The van der Waals surface area contributed by atoms with Crippen LogP contribution in [0, 0.1) is 0 Å². The van der Waals surface area contributed by atoms with Gasteiger partial charge in [0.2, 0.25) is 5.91 Å². The van der Waals surface area contributed by atoms with Crippen molar-refractivity contribution in [3.63, 3.8) is 0 Å². The Morgan fingerprint density at radius 1 is 1.20 bits per heavy atom. The number of alkyl halides is 1. The number of benzene rings is 2. The maximum Gasteiger partial charge on any atom is 0.249 e. The number of nitrogens with two attached hydrogens (primary N) is 1. The number of aliphatic hydroxyl groups is 1. The van der Waals surface area contributed by atoms with Gasteiger partial charge in [0.25, 0.3) is 0 Å². The number of anilines is 1. The van der Waals surface area contributed by atoms with Gasteiger partial charge in [-0.2, -0.15) is 0 Å². The van der Waals surface area contributed by atoms with Crippen LogP contribution in [0.5, 0.6) is 0 Å². The predicted octanol–water partition coefficient (Wildman–Crippen LogP) is 3.01. The molecule has 0 spiro atoms. The van der Waals surface area contributed by atoms with E-state index in [2.05, 4.69) is 10.3 Å². The molecule has 3 aromatic rings. The molecule has 6 heteroatoms. The van der Waals surface area contributed by atoms with Crippen LogP contribution in [0.15, 0.2) is 54.6 Å². The first kappa shape index (κ1) is 17.2. The highest BCUT2D eigenvalue weighted by molar-refractivity contribution is 6.18. The number of pyridine rings is 1. The average molecular weight is 356 g/mol. The number of amides is 1. The number of nitrogens with zero attached hydrogens (tertiary/aromatic N) is 1. The molecule has 0 fully saturated rings. The van der Waals surface area contributed by atoms with Crippen molar-refractivity contribution >= 4 is 34.1 Å². The summed E-state index contributed by atoms with van der Waals surface area (Å²) in [5.74, 6) is -0.296. The first-order valence-corrected chi connectivity index (χ1v) is 8.40. The molecule has 0 saturated carbocycles. The molecule has 2 aromatic carbocycles.